The van der Waals surface area contributed by atoms with Crippen molar-refractivity contribution >= 4 is 52.6 Å². The van der Waals surface area contributed by atoms with Gasteiger partial charge in [-0.1, -0.05) is 115 Å². The van der Waals surface area contributed by atoms with Gasteiger partial charge in [-0.05, 0) is 47.0 Å². The van der Waals surface area contributed by atoms with Crippen molar-refractivity contribution in [1.82, 2.24) is 10.2 Å². The molecule has 2 amide bonds. The van der Waals surface area contributed by atoms with E-state index in [1.165, 1.54) is 6.08 Å². The number of nitrogens with one attached hydrogen (secondary N) is 2. The number of para-hydroxylation sites is 1. The van der Waals surface area contributed by atoms with Crippen LogP contribution in [0.15, 0.2) is 121 Å². The van der Waals surface area contributed by atoms with Crippen LogP contribution in [0.3, 0.4) is 0 Å². The summed E-state index contributed by atoms with van der Waals surface area (Å²) < 4.78 is 0. The summed E-state index contributed by atoms with van der Waals surface area (Å²) in [6.45, 7) is 3.73. The second-order valence-electron chi connectivity index (χ2n) is 11.7. The number of carbonyl (C=O) groups excluding carboxylic acids is 3. The lowest BCUT2D eigenvalue weighted by atomic mass is 9.55. The summed E-state index contributed by atoms with van der Waals surface area (Å²) in [7, 11) is 0. The first-order valence-corrected chi connectivity index (χ1v) is 15.5. The van der Waals surface area contributed by atoms with Crippen LogP contribution in [-0.4, -0.2) is 35.6 Å². The minimum Gasteiger partial charge on any atom is -0.334 e. The number of likely N-dealkylation sites (tertiary alicyclic amines) is 1. The van der Waals surface area contributed by atoms with Crippen LogP contribution in [0.4, 0.5) is 5.69 Å². The normalized spacial score (nSPS) is 26.4. The first-order valence-electron chi connectivity index (χ1n) is 14.7. The smallest absolute Gasteiger partial charge is 0.250 e. The van der Waals surface area contributed by atoms with E-state index in [0.29, 0.717) is 38.0 Å². The molecule has 4 aromatic rings. The van der Waals surface area contributed by atoms with Crippen LogP contribution in [0.5, 0.6) is 0 Å². The molecule has 3 heterocycles. The minimum atomic E-state index is -1.56. The Morgan fingerprint density at radius 2 is 1.53 bits per heavy atom. The number of anilines is 1. The third-order valence-corrected chi connectivity index (χ3v) is 10.1. The Morgan fingerprint density at radius 3 is 2.27 bits per heavy atom. The Hall–Kier alpha value is -4.49. The molecule has 6 nitrogen and oxygen atoms in total. The summed E-state index contributed by atoms with van der Waals surface area (Å²) in [6, 6.07) is 31.3. The van der Waals surface area contributed by atoms with Crippen molar-refractivity contribution < 1.29 is 14.4 Å². The van der Waals surface area contributed by atoms with E-state index in [9.17, 15) is 9.59 Å². The van der Waals surface area contributed by atoms with Crippen LogP contribution in [-0.2, 0) is 19.9 Å². The van der Waals surface area contributed by atoms with Crippen LogP contribution >= 0.6 is 23.2 Å². The summed E-state index contributed by atoms with van der Waals surface area (Å²) in [5, 5.41) is 7.71. The highest BCUT2D eigenvalue weighted by Gasteiger charge is 2.75. The van der Waals surface area contributed by atoms with Crippen molar-refractivity contribution in [1.29, 1.82) is 0 Å². The standard InChI is InChI=1S/C37H29Cl2N3O3/c1-2-31(43)42-21-25(20-24-14-6-9-17-28(24)38)34(44)36(22-42)32(26-15-7-10-18-29(26)39)33(23-12-4-3-5-13-23)41-37(36)27-16-8-11-19-30(27)40-35(37)45/h2-20,32-33,41H,1,21-22H2,(H,40,45)/b25-20+. The predicted octanol–water partition coefficient (Wildman–Crippen LogP) is 6.94. The fourth-order valence-electron chi connectivity index (χ4n) is 7.61. The average molecular weight is 635 g/mol. The summed E-state index contributed by atoms with van der Waals surface area (Å²) in [4.78, 5) is 45.4. The van der Waals surface area contributed by atoms with E-state index >= 15 is 4.79 Å². The fourth-order valence-corrected chi connectivity index (χ4v) is 8.06. The summed E-state index contributed by atoms with van der Waals surface area (Å²) in [5.74, 6) is -1.64. The second kappa shape index (κ2) is 11.1. The van der Waals surface area contributed by atoms with Gasteiger partial charge in [0.25, 0.3) is 5.91 Å². The van der Waals surface area contributed by atoms with E-state index < -0.39 is 22.9 Å². The highest BCUT2D eigenvalue weighted by atomic mass is 35.5. The largest absolute Gasteiger partial charge is 0.334 e. The van der Waals surface area contributed by atoms with Gasteiger partial charge >= 0.3 is 0 Å². The van der Waals surface area contributed by atoms with Gasteiger partial charge in [-0.15, -0.1) is 0 Å². The van der Waals surface area contributed by atoms with Crippen molar-refractivity contribution in [2.24, 2.45) is 5.41 Å². The first-order chi connectivity index (χ1) is 21.8. The lowest BCUT2D eigenvalue weighted by Gasteiger charge is -2.50. The lowest BCUT2D eigenvalue weighted by molar-refractivity contribution is -0.145. The second-order valence-corrected chi connectivity index (χ2v) is 12.5. The Labute approximate surface area is 271 Å². The van der Waals surface area contributed by atoms with Gasteiger partial charge in [0, 0.05) is 51.9 Å². The van der Waals surface area contributed by atoms with Gasteiger partial charge in [0.2, 0.25) is 5.91 Å². The molecule has 4 aromatic carbocycles. The van der Waals surface area contributed by atoms with Crippen molar-refractivity contribution in [3.8, 4) is 0 Å². The molecule has 4 unspecified atom stereocenters. The molecule has 224 valence electrons. The number of hydrogen-bond donors (Lipinski definition) is 2. The number of amides is 2. The molecule has 45 heavy (non-hydrogen) atoms. The van der Waals surface area contributed by atoms with Gasteiger partial charge in [0.15, 0.2) is 5.78 Å². The van der Waals surface area contributed by atoms with E-state index in [2.05, 4.69) is 17.2 Å². The van der Waals surface area contributed by atoms with Gasteiger partial charge < -0.3 is 10.2 Å². The zero-order chi connectivity index (χ0) is 31.3. The molecule has 3 aliphatic rings. The van der Waals surface area contributed by atoms with Crippen LogP contribution < -0.4 is 10.6 Å². The van der Waals surface area contributed by atoms with Gasteiger partial charge in [-0.2, -0.15) is 0 Å². The Morgan fingerprint density at radius 1 is 0.867 bits per heavy atom. The van der Waals surface area contributed by atoms with Gasteiger partial charge in [0.05, 0.1) is 5.41 Å². The van der Waals surface area contributed by atoms with Crippen LogP contribution in [0.2, 0.25) is 10.0 Å². The van der Waals surface area contributed by atoms with Crippen molar-refractivity contribution in [3.05, 3.63) is 154 Å². The maximum Gasteiger partial charge on any atom is 0.250 e. The van der Waals surface area contributed by atoms with Gasteiger partial charge in [-0.25, -0.2) is 0 Å². The number of rotatable bonds is 4. The molecule has 0 aromatic heterocycles. The monoisotopic (exact) mass is 633 g/mol. The molecule has 3 aliphatic heterocycles. The average Bonchev–Trinajstić information content (AvgIpc) is 3.52. The molecule has 2 saturated heterocycles. The van der Waals surface area contributed by atoms with E-state index in [0.717, 1.165) is 5.56 Å². The molecule has 0 radical (unpaired) electrons. The summed E-state index contributed by atoms with van der Waals surface area (Å²) in [6.07, 6.45) is 2.98. The zero-order valence-electron chi connectivity index (χ0n) is 24.2. The zero-order valence-corrected chi connectivity index (χ0v) is 25.7. The van der Waals surface area contributed by atoms with E-state index in [4.69, 9.17) is 23.2 Å². The molecule has 7 rings (SSSR count). The van der Waals surface area contributed by atoms with Crippen molar-refractivity contribution in [3.63, 3.8) is 0 Å². The topological polar surface area (TPSA) is 78.5 Å². The number of hydrogen-bond acceptors (Lipinski definition) is 4. The quantitative estimate of drug-likeness (QED) is 0.239. The third kappa shape index (κ3) is 4.31. The van der Waals surface area contributed by atoms with E-state index in [1.807, 2.05) is 91.0 Å². The number of nitrogens with zero attached hydrogens (tertiary/aromatic N) is 1. The van der Waals surface area contributed by atoms with Crippen LogP contribution in [0, 0.1) is 5.41 Å². The highest BCUT2D eigenvalue weighted by Crippen LogP contribution is 2.66. The molecule has 2 fully saturated rings. The Balaban J connectivity index is 1.59. The van der Waals surface area contributed by atoms with Crippen LogP contribution in [0.1, 0.15) is 34.2 Å². The molecular formula is C37H29Cl2N3O3. The summed E-state index contributed by atoms with van der Waals surface area (Å²) in [5.41, 5.74) is 0.718. The number of fused-ring (bicyclic) bond motifs is 3. The first kappa shape index (κ1) is 29.2. The number of ketones is 1. The lowest BCUT2D eigenvalue weighted by Crippen LogP contribution is -2.66. The number of Topliss-reactive ketones (excluding diaryl/α,β-unsaturated/α-hetero) is 1. The van der Waals surface area contributed by atoms with E-state index in [-0.39, 0.29) is 30.7 Å². The molecule has 4 atom stereocenters. The number of carbonyl (C=O) groups is 3. The Bertz CT molecular complexity index is 1910. The van der Waals surface area contributed by atoms with Crippen molar-refractivity contribution in [2.75, 3.05) is 18.4 Å². The SMILES string of the molecule is C=CC(=O)N1C/C(=C\c2ccccc2Cl)C(=O)C2(C1)C(c1ccccc1Cl)C(c1ccccc1)NC21C(=O)Nc2ccccc21. The van der Waals surface area contributed by atoms with Crippen LogP contribution in [0.25, 0.3) is 6.08 Å². The highest BCUT2D eigenvalue weighted by molar-refractivity contribution is 6.32. The maximum absolute atomic E-state index is 15.6. The van der Waals surface area contributed by atoms with Crippen molar-refractivity contribution in [2.45, 2.75) is 17.5 Å². The minimum absolute atomic E-state index is 0.0290. The molecule has 8 heteroatoms. The Kier molecular flexibility index (Phi) is 7.24. The summed E-state index contributed by atoms with van der Waals surface area (Å²) >= 11 is 13.6. The number of halogens is 2. The fraction of sp³-hybridized carbons (Fsp3) is 0.162. The molecule has 0 aliphatic carbocycles. The molecule has 2 N–H and O–H groups in total. The van der Waals surface area contributed by atoms with Gasteiger partial charge in [0.1, 0.15) is 5.54 Å². The molecule has 0 saturated carbocycles. The molecule has 2 spiro atoms. The van der Waals surface area contributed by atoms with E-state index in [1.54, 1.807) is 23.1 Å². The molecule has 0 bridgehead atoms. The van der Waals surface area contributed by atoms with Gasteiger partial charge in [-0.3, -0.25) is 19.7 Å². The predicted molar refractivity (Wildman–Crippen MR) is 177 cm³/mol. The number of benzene rings is 4. The number of piperidine rings is 1. The molecular weight excluding hydrogens is 605 g/mol. The maximum atomic E-state index is 15.6. The third-order valence-electron chi connectivity index (χ3n) is 9.44.